The highest BCUT2D eigenvalue weighted by Crippen LogP contribution is 2.23. The maximum atomic E-state index is 12.5. The number of amides is 1. The maximum absolute atomic E-state index is 12.5. The van der Waals surface area contributed by atoms with Crippen LogP contribution >= 0.6 is 0 Å². The van der Waals surface area contributed by atoms with Gasteiger partial charge >= 0.3 is 5.97 Å². The molecule has 5 heteroatoms. The Kier molecular flexibility index (Phi) is 6.17. The summed E-state index contributed by atoms with van der Waals surface area (Å²) in [5.74, 6) is 0.128. The molecular formula is C20H23NO4. The largest absolute Gasteiger partial charge is 0.494 e. The van der Waals surface area contributed by atoms with Gasteiger partial charge in [0.25, 0.3) is 5.91 Å². The fraction of sp³-hybridized carbons (Fsp3) is 0.300. The number of anilines is 1. The van der Waals surface area contributed by atoms with Gasteiger partial charge in [-0.05, 0) is 69.2 Å². The number of hydrogen-bond donors (Lipinski definition) is 1. The van der Waals surface area contributed by atoms with Crippen molar-refractivity contribution in [1.82, 2.24) is 0 Å². The Morgan fingerprint density at radius 3 is 2.44 bits per heavy atom. The van der Waals surface area contributed by atoms with E-state index in [9.17, 15) is 9.59 Å². The Morgan fingerprint density at radius 2 is 1.80 bits per heavy atom. The van der Waals surface area contributed by atoms with Crippen LogP contribution in [0.15, 0.2) is 36.4 Å². The first-order chi connectivity index (χ1) is 12.0. The van der Waals surface area contributed by atoms with Crippen molar-refractivity contribution in [3.63, 3.8) is 0 Å². The highest BCUT2D eigenvalue weighted by atomic mass is 16.5. The van der Waals surface area contributed by atoms with Crippen molar-refractivity contribution < 1.29 is 19.1 Å². The van der Waals surface area contributed by atoms with Crippen molar-refractivity contribution in [1.29, 1.82) is 0 Å². The van der Waals surface area contributed by atoms with Crippen LogP contribution in [0.1, 0.15) is 45.7 Å². The van der Waals surface area contributed by atoms with Gasteiger partial charge in [-0.3, -0.25) is 4.79 Å². The zero-order chi connectivity index (χ0) is 18.4. The fourth-order valence-corrected chi connectivity index (χ4v) is 2.50. The van der Waals surface area contributed by atoms with E-state index in [4.69, 9.17) is 9.47 Å². The second-order valence-electron chi connectivity index (χ2n) is 5.57. The summed E-state index contributed by atoms with van der Waals surface area (Å²) in [6.07, 6.45) is 0. The third-order valence-corrected chi connectivity index (χ3v) is 3.81. The fourth-order valence-electron chi connectivity index (χ4n) is 2.50. The van der Waals surface area contributed by atoms with Crippen LogP contribution in [0.2, 0.25) is 0 Å². The average molecular weight is 341 g/mol. The number of aryl methyl sites for hydroxylation is 1. The van der Waals surface area contributed by atoms with Crippen molar-refractivity contribution in [3.05, 3.63) is 58.7 Å². The highest BCUT2D eigenvalue weighted by molar-refractivity contribution is 6.05. The van der Waals surface area contributed by atoms with Gasteiger partial charge in [0.05, 0.1) is 18.8 Å². The van der Waals surface area contributed by atoms with E-state index in [-0.39, 0.29) is 5.91 Å². The molecule has 0 saturated heterocycles. The molecule has 0 saturated carbocycles. The van der Waals surface area contributed by atoms with Crippen LogP contribution < -0.4 is 10.1 Å². The molecule has 0 bridgehead atoms. The first kappa shape index (κ1) is 18.5. The van der Waals surface area contributed by atoms with Crippen LogP contribution in [0.5, 0.6) is 5.75 Å². The Hall–Kier alpha value is -2.82. The van der Waals surface area contributed by atoms with Gasteiger partial charge in [0.2, 0.25) is 0 Å². The SMILES string of the molecule is CCOC(=O)c1cccc(NC(=O)c2ccc(OCC)c(C)c2)c1C. The summed E-state index contributed by atoms with van der Waals surface area (Å²) < 4.78 is 10.5. The molecule has 5 nitrogen and oxygen atoms in total. The molecule has 0 aromatic heterocycles. The van der Waals surface area contributed by atoms with E-state index in [0.29, 0.717) is 35.6 Å². The molecule has 0 aliphatic heterocycles. The summed E-state index contributed by atoms with van der Waals surface area (Å²) in [5.41, 5.74) is 3.13. The minimum absolute atomic E-state index is 0.241. The summed E-state index contributed by atoms with van der Waals surface area (Å²) in [6, 6.07) is 10.5. The number of benzene rings is 2. The van der Waals surface area contributed by atoms with Crippen molar-refractivity contribution in [2.45, 2.75) is 27.7 Å². The third kappa shape index (κ3) is 4.38. The van der Waals surface area contributed by atoms with Gasteiger partial charge in [-0.1, -0.05) is 6.07 Å². The lowest BCUT2D eigenvalue weighted by atomic mass is 10.1. The van der Waals surface area contributed by atoms with E-state index in [0.717, 1.165) is 11.3 Å². The Balaban J connectivity index is 2.22. The van der Waals surface area contributed by atoms with Crippen LogP contribution in [-0.4, -0.2) is 25.1 Å². The van der Waals surface area contributed by atoms with E-state index in [1.54, 1.807) is 50.2 Å². The molecule has 25 heavy (non-hydrogen) atoms. The van der Waals surface area contributed by atoms with E-state index >= 15 is 0 Å². The van der Waals surface area contributed by atoms with Crippen LogP contribution in [0.4, 0.5) is 5.69 Å². The highest BCUT2D eigenvalue weighted by Gasteiger charge is 2.15. The minimum Gasteiger partial charge on any atom is -0.494 e. The lowest BCUT2D eigenvalue weighted by molar-refractivity contribution is 0.0525. The minimum atomic E-state index is -0.395. The van der Waals surface area contributed by atoms with E-state index in [1.807, 2.05) is 13.8 Å². The molecule has 0 radical (unpaired) electrons. The summed E-state index contributed by atoms with van der Waals surface area (Å²) in [5, 5.41) is 2.86. The van der Waals surface area contributed by atoms with E-state index in [2.05, 4.69) is 5.32 Å². The number of esters is 1. The smallest absolute Gasteiger partial charge is 0.338 e. The predicted molar refractivity (Wildman–Crippen MR) is 97.4 cm³/mol. The molecule has 0 fully saturated rings. The first-order valence-electron chi connectivity index (χ1n) is 8.29. The molecule has 0 atom stereocenters. The standard InChI is InChI=1S/C20H23NO4/c1-5-24-18-11-10-15(12-13(18)3)19(22)21-17-9-7-8-16(14(17)4)20(23)25-6-2/h7-12H,5-6H2,1-4H3,(H,21,22). The first-order valence-corrected chi connectivity index (χ1v) is 8.29. The van der Waals surface area contributed by atoms with Gasteiger partial charge in [-0.2, -0.15) is 0 Å². The number of ether oxygens (including phenoxy) is 2. The predicted octanol–water partition coefficient (Wildman–Crippen LogP) is 4.13. The van der Waals surface area contributed by atoms with Crippen LogP contribution in [0, 0.1) is 13.8 Å². The number of nitrogens with one attached hydrogen (secondary N) is 1. The molecule has 0 aliphatic carbocycles. The molecule has 0 spiro atoms. The second-order valence-corrected chi connectivity index (χ2v) is 5.57. The van der Waals surface area contributed by atoms with Gasteiger partial charge in [0.15, 0.2) is 0 Å². The van der Waals surface area contributed by atoms with Gasteiger partial charge < -0.3 is 14.8 Å². The normalized spacial score (nSPS) is 10.2. The zero-order valence-corrected chi connectivity index (χ0v) is 15.0. The Morgan fingerprint density at radius 1 is 1.04 bits per heavy atom. The maximum Gasteiger partial charge on any atom is 0.338 e. The molecule has 1 amide bonds. The van der Waals surface area contributed by atoms with E-state index < -0.39 is 5.97 Å². The van der Waals surface area contributed by atoms with Crippen molar-refractivity contribution in [2.75, 3.05) is 18.5 Å². The van der Waals surface area contributed by atoms with Crippen LogP contribution in [0.25, 0.3) is 0 Å². The quantitative estimate of drug-likeness (QED) is 0.802. The molecule has 0 unspecified atom stereocenters. The lowest BCUT2D eigenvalue weighted by Gasteiger charge is -2.13. The van der Waals surface area contributed by atoms with Crippen LogP contribution in [0.3, 0.4) is 0 Å². The van der Waals surface area contributed by atoms with Crippen molar-refractivity contribution >= 4 is 17.6 Å². The number of hydrogen-bond acceptors (Lipinski definition) is 4. The lowest BCUT2D eigenvalue weighted by Crippen LogP contribution is -2.15. The molecule has 1 N–H and O–H groups in total. The summed E-state index contributed by atoms with van der Waals surface area (Å²) in [6.45, 7) is 8.23. The molecule has 0 heterocycles. The second kappa shape index (κ2) is 8.33. The number of carbonyl (C=O) groups excluding carboxylic acids is 2. The van der Waals surface area contributed by atoms with Crippen molar-refractivity contribution in [3.8, 4) is 5.75 Å². The molecule has 2 rings (SSSR count). The van der Waals surface area contributed by atoms with Gasteiger partial charge in [0.1, 0.15) is 5.75 Å². The van der Waals surface area contributed by atoms with Gasteiger partial charge in [0, 0.05) is 11.3 Å². The average Bonchev–Trinajstić information content (AvgIpc) is 2.58. The number of rotatable bonds is 6. The molecular weight excluding hydrogens is 318 g/mol. The monoisotopic (exact) mass is 341 g/mol. The zero-order valence-electron chi connectivity index (χ0n) is 15.0. The third-order valence-electron chi connectivity index (χ3n) is 3.81. The van der Waals surface area contributed by atoms with E-state index in [1.165, 1.54) is 0 Å². The van der Waals surface area contributed by atoms with Crippen LogP contribution in [-0.2, 0) is 4.74 Å². The summed E-state index contributed by atoms with van der Waals surface area (Å²) >= 11 is 0. The number of carbonyl (C=O) groups is 2. The molecule has 132 valence electrons. The topological polar surface area (TPSA) is 64.6 Å². The molecule has 2 aromatic carbocycles. The van der Waals surface area contributed by atoms with Crippen molar-refractivity contribution in [2.24, 2.45) is 0 Å². The molecule has 2 aromatic rings. The van der Waals surface area contributed by atoms with Gasteiger partial charge in [-0.25, -0.2) is 4.79 Å². The summed E-state index contributed by atoms with van der Waals surface area (Å²) in [4.78, 5) is 24.5. The molecule has 0 aliphatic rings. The Bertz CT molecular complexity index is 783. The van der Waals surface area contributed by atoms with Gasteiger partial charge in [-0.15, -0.1) is 0 Å². The summed E-state index contributed by atoms with van der Waals surface area (Å²) in [7, 11) is 0. The Labute approximate surface area is 148 Å².